The van der Waals surface area contributed by atoms with Crippen LogP contribution in [-0.2, 0) is 9.63 Å². The highest BCUT2D eigenvalue weighted by Gasteiger charge is 2.14. The number of carbonyl (C=O) groups excluding carboxylic acids is 1. The zero-order valence-electron chi connectivity index (χ0n) is 11.2. The molecule has 0 amide bonds. The first-order valence-electron chi connectivity index (χ1n) is 6.04. The van der Waals surface area contributed by atoms with Crippen LogP contribution in [0.15, 0.2) is 18.2 Å². The van der Waals surface area contributed by atoms with Crippen molar-refractivity contribution in [2.45, 2.75) is 27.2 Å². The lowest BCUT2D eigenvalue weighted by molar-refractivity contribution is -0.171. The molecule has 0 saturated carbocycles. The van der Waals surface area contributed by atoms with E-state index in [1.54, 1.807) is 13.0 Å². The van der Waals surface area contributed by atoms with Crippen LogP contribution in [0.2, 0.25) is 5.02 Å². The summed E-state index contributed by atoms with van der Waals surface area (Å²) in [5, 5.41) is 5.22. The van der Waals surface area contributed by atoms with E-state index in [-0.39, 0.29) is 5.97 Å². The van der Waals surface area contributed by atoms with E-state index < -0.39 is 0 Å². The summed E-state index contributed by atoms with van der Waals surface area (Å²) in [6.07, 6.45) is 0.296. The molecule has 0 radical (unpaired) electrons. The lowest BCUT2D eigenvalue weighted by atomic mass is 10.2. The molecule has 0 aromatic heterocycles. The van der Waals surface area contributed by atoms with Crippen LogP contribution in [0.5, 0.6) is 0 Å². The molecular weight excluding hydrogens is 284 g/mol. The molecule has 1 rings (SSSR count). The molecule has 6 heteroatoms. The summed E-state index contributed by atoms with van der Waals surface area (Å²) < 4.78 is 0. The molecule has 0 fully saturated rings. The lowest BCUT2D eigenvalue weighted by Crippen LogP contribution is -2.36. The average molecular weight is 301 g/mol. The van der Waals surface area contributed by atoms with Crippen LogP contribution in [0.1, 0.15) is 25.8 Å². The van der Waals surface area contributed by atoms with Gasteiger partial charge in [-0.15, -0.1) is 0 Å². The van der Waals surface area contributed by atoms with Crippen LogP contribution in [0.25, 0.3) is 0 Å². The number of hydroxylamine groups is 2. The van der Waals surface area contributed by atoms with E-state index in [0.717, 1.165) is 11.3 Å². The Morgan fingerprint density at radius 1 is 1.47 bits per heavy atom. The molecule has 1 aromatic carbocycles. The van der Waals surface area contributed by atoms with Gasteiger partial charge < -0.3 is 10.2 Å². The Labute approximate surface area is 123 Å². The Morgan fingerprint density at radius 2 is 2.16 bits per heavy atom. The lowest BCUT2D eigenvalue weighted by Gasteiger charge is -2.23. The zero-order chi connectivity index (χ0) is 14.4. The smallest absolute Gasteiger partial charge is 0.332 e. The van der Waals surface area contributed by atoms with Crippen LogP contribution in [0.4, 0.5) is 5.69 Å². The fraction of sp³-hybridized carbons (Fsp3) is 0.385. The van der Waals surface area contributed by atoms with Crippen LogP contribution in [0, 0.1) is 6.92 Å². The van der Waals surface area contributed by atoms with Gasteiger partial charge >= 0.3 is 5.97 Å². The van der Waals surface area contributed by atoms with Crippen molar-refractivity contribution in [3.8, 4) is 0 Å². The maximum atomic E-state index is 11.3. The van der Waals surface area contributed by atoms with Gasteiger partial charge in [0.2, 0.25) is 5.11 Å². The Morgan fingerprint density at radius 3 is 2.68 bits per heavy atom. The van der Waals surface area contributed by atoms with Gasteiger partial charge in [0.15, 0.2) is 0 Å². The zero-order valence-corrected chi connectivity index (χ0v) is 12.8. The first-order chi connectivity index (χ1) is 8.99. The molecule has 0 aliphatic rings. The summed E-state index contributed by atoms with van der Waals surface area (Å²) in [5.74, 6) is -0.332. The number of nitrogens with one attached hydrogen (secondary N) is 1. The first kappa shape index (κ1) is 15.7. The van der Waals surface area contributed by atoms with E-state index in [9.17, 15) is 4.79 Å². The number of nitrogens with zero attached hydrogens (tertiary/aromatic N) is 1. The van der Waals surface area contributed by atoms with Crippen LogP contribution < -0.4 is 5.32 Å². The molecule has 1 N–H and O–H groups in total. The van der Waals surface area contributed by atoms with Crippen molar-refractivity contribution < 1.29 is 9.63 Å². The third-order valence-electron chi connectivity index (χ3n) is 2.47. The van der Waals surface area contributed by atoms with E-state index >= 15 is 0 Å². The fourth-order valence-electron chi connectivity index (χ4n) is 1.40. The number of hydrogen-bond donors (Lipinski definition) is 1. The number of benzene rings is 1. The highest BCUT2D eigenvalue weighted by Crippen LogP contribution is 2.25. The fourth-order valence-corrected chi connectivity index (χ4v) is 1.93. The SMILES string of the molecule is CCC(=O)ON(CC)C(=S)Nc1c(C)cccc1Cl. The molecule has 0 saturated heterocycles. The highest BCUT2D eigenvalue weighted by molar-refractivity contribution is 7.80. The quantitative estimate of drug-likeness (QED) is 0.683. The van der Waals surface area contributed by atoms with E-state index in [2.05, 4.69) is 5.32 Å². The maximum absolute atomic E-state index is 11.3. The number of hydrogen-bond acceptors (Lipinski definition) is 3. The van der Waals surface area contributed by atoms with Gasteiger partial charge in [-0.25, -0.2) is 4.79 Å². The molecule has 1 aromatic rings. The van der Waals surface area contributed by atoms with Crippen LogP contribution in [-0.4, -0.2) is 22.7 Å². The monoisotopic (exact) mass is 300 g/mol. The standard InChI is InChI=1S/C13H17ClN2O2S/c1-4-11(17)18-16(5-2)13(19)15-12-9(3)7-6-8-10(12)14/h6-8H,4-5H2,1-3H3,(H,15,19). The minimum absolute atomic E-state index is 0.296. The Hall–Kier alpha value is -1.33. The minimum Gasteiger partial charge on any atom is -0.339 e. The summed E-state index contributed by atoms with van der Waals surface area (Å²) >= 11 is 11.3. The summed E-state index contributed by atoms with van der Waals surface area (Å²) in [5.41, 5.74) is 1.69. The van der Waals surface area contributed by atoms with Crippen LogP contribution in [0.3, 0.4) is 0 Å². The first-order valence-corrected chi connectivity index (χ1v) is 6.82. The van der Waals surface area contributed by atoms with Crippen molar-refractivity contribution in [1.82, 2.24) is 5.06 Å². The summed E-state index contributed by atoms with van der Waals surface area (Å²) in [6, 6.07) is 5.56. The number of carbonyl (C=O) groups is 1. The molecule has 0 atom stereocenters. The Kier molecular flexibility index (Phi) is 6.05. The molecule has 0 spiro atoms. The van der Waals surface area contributed by atoms with E-state index in [1.165, 1.54) is 5.06 Å². The molecule has 4 nitrogen and oxygen atoms in total. The van der Waals surface area contributed by atoms with Gasteiger partial charge in [-0.2, -0.15) is 5.06 Å². The van der Waals surface area contributed by atoms with Gasteiger partial charge in [-0.05, 0) is 37.7 Å². The van der Waals surface area contributed by atoms with Gasteiger partial charge in [0.05, 0.1) is 17.3 Å². The highest BCUT2D eigenvalue weighted by atomic mass is 35.5. The van der Waals surface area contributed by atoms with Crippen molar-refractivity contribution in [2.24, 2.45) is 0 Å². The predicted octanol–water partition coefficient (Wildman–Crippen LogP) is 3.54. The van der Waals surface area contributed by atoms with Crippen molar-refractivity contribution in [1.29, 1.82) is 0 Å². The number of aryl methyl sites for hydroxylation is 1. The van der Waals surface area contributed by atoms with E-state index in [4.69, 9.17) is 28.7 Å². The second kappa shape index (κ2) is 7.31. The molecule has 0 aliphatic heterocycles. The largest absolute Gasteiger partial charge is 0.339 e. The van der Waals surface area contributed by atoms with Crippen molar-refractivity contribution >= 4 is 40.6 Å². The van der Waals surface area contributed by atoms with Crippen LogP contribution >= 0.6 is 23.8 Å². The molecule has 104 valence electrons. The van der Waals surface area contributed by atoms with Crippen molar-refractivity contribution in [3.63, 3.8) is 0 Å². The summed E-state index contributed by atoms with van der Waals surface area (Å²) in [7, 11) is 0. The van der Waals surface area contributed by atoms with E-state index in [1.807, 2.05) is 26.0 Å². The van der Waals surface area contributed by atoms with Gasteiger partial charge in [-0.1, -0.05) is 30.7 Å². The summed E-state index contributed by atoms with van der Waals surface area (Å²) in [4.78, 5) is 16.4. The second-order valence-electron chi connectivity index (χ2n) is 3.87. The van der Waals surface area contributed by atoms with E-state index in [0.29, 0.717) is 23.1 Å². The van der Waals surface area contributed by atoms with Crippen molar-refractivity contribution in [2.75, 3.05) is 11.9 Å². The number of para-hydroxylation sites is 1. The van der Waals surface area contributed by atoms with Gasteiger partial charge in [-0.3, -0.25) is 0 Å². The molecule has 0 aliphatic carbocycles. The molecule has 0 unspecified atom stereocenters. The normalized spacial score (nSPS) is 9.89. The van der Waals surface area contributed by atoms with Gasteiger partial charge in [0, 0.05) is 6.42 Å². The number of halogens is 1. The Balaban J connectivity index is 2.80. The number of rotatable bonds is 3. The average Bonchev–Trinajstić information content (AvgIpc) is 2.39. The molecule has 0 heterocycles. The third kappa shape index (κ3) is 4.36. The van der Waals surface area contributed by atoms with Crippen molar-refractivity contribution in [3.05, 3.63) is 28.8 Å². The van der Waals surface area contributed by atoms with Gasteiger partial charge in [0.25, 0.3) is 0 Å². The molecular formula is C13H17ClN2O2S. The molecule has 0 bridgehead atoms. The topological polar surface area (TPSA) is 41.6 Å². The number of thiocarbonyl (C=S) groups is 1. The maximum Gasteiger partial charge on any atom is 0.332 e. The summed E-state index contributed by atoms with van der Waals surface area (Å²) in [6.45, 7) is 5.95. The van der Waals surface area contributed by atoms with Gasteiger partial charge in [0.1, 0.15) is 0 Å². The minimum atomic E-state index is -0.332. The Bertz CT molecular complexity index is 459. The second-order valence-corrected chi connectivity index (χ2v) is 4.67. The third-order valence-corrected chi connectivity index (χ3v) is 3.09. The molecule has 19 heavy (non-hydrogen) atoms. The number of anilines is 1. The predicted molar refractivity (Wildman–Crippen MR) is 81.2 cm³/mol.